The van der Waals surface area contributed by atoms with Crippen LogP contribution in [0.4, 0.5) is 0 Å². The maximum absolute atomic E-state index is 11.3. The second-order valence-electron chi connectivity index (χ2n) is 4.62. The first-order chi connectivity index (χ1) is 7.65. The molecule has 1 aliphatic carbocycles. The summed E-state index contributed by atoms with van der Waals surface area (Å²) in [6.45, 7) is 9.77. The van der Waals surface area contributed by atoms with Gasteiger partial charge in [0.2, 0.25) is 0 Å². The van der Waals surface area contributed by atoms with Gasteiger partial charge in [-0.25, -0.2) is 4.79 Å². The summed E-state index contributed by atoms with van der Waals surface area (Å²) in [7, 11) is 0. The van der Waals surface area contributed by atoms with E-state index in [-0.39, 0.29) is 5.97 Å². The topological polar surface area (TPSA) is 38.3 Å². The molecule has 1 N–H and O–H groups in total. The summed E-state index contributed by atoms with van der Waals surface area (Å²) in [5.74, 6) is 1.29. The fourth-order valence-electron chi connectivity index (χ4n) is 2.24. The largest absolute Gasteiger partial charge is 0.463 e. The lowest BCUT2D eigenvalue weighted by Crippen LogP contribution is -2.28. The van der Waals surface area contributed by atoms with Crippen molar-refractivity contribution in [3.05, 3.63) is 12.2 Å². The second kappa shape index (κ2) is 6.69. The van der Waals surface area contributed by atoms with Gasteiger partial charge in [-0.3, -0.25) is 0 Å². The van der Waals surface area contributed by atoms with Crippen molar-refractivity contribution < 1.29 is 9.53 Å². The number of carbonyl (C=O) groups excluding carboxylic acids is 1. The van der Waals surface area contributed by atoms with E-state index in [1.54, 1.807) is 6.92 Å². The molecule has 92 valence electrons. The summed E-state index contributed by atoms with van der Waals surface area (Å²) in [6.07, 6.45) is 3.98. The van der Waals surface area contributed by atoms with Crippen molar-refractivity contribution in [2.45, 2.75) is 33.1 Å². The van der Waals surface area contributed by atoms with Crippen LogP contribution in [-0.2, 0) is 9.53 Å². The monoisotopic (exact) mass is 225 g/mol. The highest BCUT2D eigenvalue weighted by Gasteiger charge is 2.22. The highest BCUT2D eigenvalue weighted by molar-refractivity contribution is 5.88. The Morgan fingerprint density at radius 2 is 2.25 bits per heavy atom. The molecule has 0 bridgehead atoms. The first kappa shape index (κ1) is 13.2. The normalized spacial score (nSPS) is 24.4. The molecule has 1 saturated carbocycles. The highest BCUT2D eigenvalue weighted by Crippen LogP contribution is 2.30. The van der Waals surface area contributed by atoms with Gasteiger partial charge >= 0.3 is 5.97 Å². The Bertz CT molecular complexity index is 250. The molecule has 16 heavy (non-hydrogen) atoms. The lowest BCUT2D eigenvalue weighted by molar-refractivity contribution is -0.138. The Labute approximate surface area is 98.2 Å². The van der Waals surface area contributed by atoms with Crippen molar-refractivity contribution in [3.63, 3.8) is 0 Å². The minimum absolute atomic E-state index is 0.283. The Morgan fingerprint density at radius 1 is 1.50 bits per heavy atom. The second-order valence-corrected chi connectivity index (χ2v) is 4.62. The molecule has 1 aliphatic rings. The Morgan fingerprint density at radius 3 is 2.81 bits per heavy atom. The smallest absolute Gasteiger partial charge is 0.334 e. The van der Waals surface area contributed by atoms with Gasteiger partial charge in [-0.1, -0.05) is 26.3 Å². The fraction of sp³-hybridized carbons (Fsp3) is 0.769. The average molecular weight is 225 g/mol. The highest BCUT2D eigenvalue weighted by atomic mass is 16.5. The van der Waals surface area contributed by atoms with E-state index < -0.39 is 0 Å². The summed E-state index contributed by atoms with van der Waals surface area (Å²) < 4.78 is 4.87. The van der Waals surface area contributed by atoms with Gasteiger partial charge in [0.1, 0.15) is 0 Å². The van der Waals surface area contributed by atoms with E-state index >= 15 is 0 Å². The Hall–Kier alpha value is -0.830. The van der Waals surface area contributed by atoms with Crippen LogP contribution in [0, 0.1) is 11.8 Å². The van der Waals surface area contributed by atoms with Crippen LogP contribution in [-0.4, -0.2) is 25.7 Å². The molecular formula is C13H23NO2. The van der Waals surface area contributed by atoms with Gasteiger partial charge in [0, 0.05) is 12.1 Å². The molecule has 0 aromatic heterocycles. The number of hydrogen-bond donors (Lipinski definition) is 1. The quantitative estimate of drug-likeness (QED) is 0.556. The van der Waals surface area contributed by atoms with Crippen molar-refractivity contribution in [2.24, 2.45) is 11.8 Å². The van der Waals surface area contributed by atoms with Crippen LogP contribution < -0.4 is 5.32 Å². The summed E-state index contributed by atoms with van der Waals surface area (Å²) in [5, 5.41) is 3.30. The molecule has 2 atom stereocenters. The van der Waals surface area contributed by atoms with Crippen LogP contribution in [0.15, 0.2) is 12.2 Å². The van der Waals surface area contributed by atoms with E-state index in [0.29, 0.717) is 18.7 Å². The fourth-order valence-corrected chi connectivity index (χ4v) is 2.24. The molecule has 1 fully saturated rings. The first-order valence-corrected chi connectivity index (χ1v) is 6.20. The molecule has 0 amide bonds. The third-order valence-corrected chi connectivity index (χ3v) is 3.35. The zero-order valence-corrected chi connectivity index (χ0v) is 10.4. The standard InChI is InChI=1S/C13H23NO2/c1-4-16-13(15)11(3)8-14-9-12-7-5-6-10(12)2/h10,12,14H,3-9H2,1-2H3. The minimum atomic E-state index is -0.283. The van der Waals surface area contributed by atoms with E-state index in [0.717, 1.165) is 18.4 Å². The van der Waals surface area contributed by atoms with E-state index in [9.17, 15) is 4.79 Å². The van der Waals surface area contributed by atoms with Crippen molar-refractivity contribution in [2.75, 3.05) is 19.7 Å². The van der Waals surface area contributed by atoms with E-state index in [1.807, 2.05) is 0 Å². The molecule has 0 spiro atoms. The molecule has 2 unspecified atom stereocenters. The van der Waals surface area contributed by atoms with Gasteiger partial charge in [-0.15, -0.1) is 0 Å². The predicted octanol–water partition coefficient (Wildman–Crippen LogP) is 2.13. The molecule has 3 nitrogen and oxygen atoms in total. The summed E-state index contributed by atoms with van der Waals surface area (Å²) in [4.78, 5) is 11.3. The number of ether oxygens (including phenoxy) is 1. The van der Waals surface area contributed by atoms with Crippen LogP contribution in [0.3, 0.4) is 0 Å². The lowest BCUT2D eigenvalue weighted by atomic mass is 9.98. The van der Waals surface area contributed by atoms with Crippen LogP contribution in [0.1, 0.15) is 33.1 Å². The molecular weight excluding hydrogens is 202 g/mol. The van der Waals surface area contributed by atoms with Gasteiger partial charge in [0.25, 0.3) is 0 Å². The van der Waals surface area contributed by atoms with Gasteiger partial charge in [-0.05, 0) is 31.7 Å². The zero-order valence-electron chi connectivity index (χ0n) is 10.4. The number of nitrogens with one attached hydrogen (secondary N) is 1. The molecule has 0 aliphatic heterocycles. The van der Waals surface area contributed by atoms with Gasteiger partial charge in [-0.2, -0.15) is 0 Å². The zero-order chi connectivity index (χ0) is 12.0. The molecule has 0 aromatic carbocycles. The van der Waals surface area contributed by atoms with Gasteiger partial charge < -0.3 is 10.1 Å². The summed E-state index contributed by atoms with van der Waals surface area (Å²) >= 11 is 0. The average Bonchev–Trinajstić information content (AvgIpc) is 2.65. The van der Waals surface area contributed by atoms with E-state index in [1.165, 1.54) is 19.3 Å². The number of rotatable bonds is 6. The molecule has 3 heteroatoms. The molecule has 0 aromatic rings. The number of carbonyl (C=O) groups is 1. The van der Waals surface area contributed by atoms with E-state index in [4.69, 9.17) is 4.74 Å². The SMILES string of the molecule is C=C(CNCC1CCCC1C)C(=O)OCC. The van der Waals surface area contributed by atoms with Crippen molar-refractivity contribution in [1.82, 2.24) is 5.32 Å². The van der Waals surface area contributed by atoms with Crippen LogP contribution in [0.25, 0.3) is 0 Å². The summed E-state index contributed by atoms with van der Waals surface area (Å²) in [5.41, 5.74) is 0.521. The van der Waals surface area contributed by atoms with Crippen molar-refractivity contribution in [1.29, 1.82) is 0 Å². The molecule has 0 saturated heterocycles. The number of esters is 1. The number of hydrogen-bond acceptors (Lipinski definition) is 3. The maximum atomic E-state index is 11.3. The minimum Gasteiger partial charge on any atom is -0.463 e. The molecule has 0 heterocycles. The van der Waals surface area contributed by atoms with Crippen LogP contribution in [0.2, 0.25) is 0 Å². The maximum Gasteiger partial charge on any atom is 0.334 e. The first-order valence-electron chi connectivity index (χ1n) is 6.20. The van der Waals surface area contributed by atoms with Crippen LogP contribution in [0.5, 0.6) is 0 Å². The van der Waals surface area contributed by atoms with Crippen molar-refractivity contribution in [3.8, 4) is 0 Å². The lowest BCUT2D eigenvalue weighted by Gasteiger charge is -2.16. The predicted molar refractivity (Wildman–Crippen MR) is 65.1 cm³/mol. The van der Waals surface area contributed by atoms with Gasteiger partial charge in [0.15, 0.2) is 0 Å². The summed E-state index contributed by atoms with van der Waals surface area (Å²) in [6, 6.07) is 0. The molecule has 0 radical (unpaired) electrons. The van der Waals surface area contributed by atoms with E-state index in [2.05, 4.69) is 18.8 Å². The van der Waals surface area contributed by atoms with Gasteiger partial charge in [0.05, 0.1) is 6.61 Å². The third kappa shape index (κ3) is 3.97. The molecule has 1 rings (SSSR count). The Kier molecular flexibility index (Phi) is 5.53. The van der Waals surface area contributed by atoms with Crippen molar-refractivity contribution >= 4 is 5.97 Å². The Balaban J connectivity index is 2.15. The third-order valence-electron chi connectivity index (χ3n) is 3.35. The van der Waals surface area contributed by atoms with Crippen LogP contribution >= 0.6 is 0 Å².